The van der Waals surface area contributed by atoms with E-state index in [2.05, 4.69) is 0 Å². The zero-order chi connectivity index (χ0) is 16.4. The molecule has 3 N–H and O–H groups in total. The van der Waals surface area contributed by atoms with Crippen LogP contribution in [0.2, 0.25) is 0 Å². The summed E-state index contributed by atoms with van der Waals surface area (Å²) in [6.07, 6.45) is 0. The fourth-order valence-corrected chi connectivity index (χ4v) is 3.38. The molecule has 0 aliphatic heterocycles. The van der Waals surface area contributed by atoms with E-state index in [4.69, 9.17) is 10.8 Å². The van der Waals surface area contributed by atoms with Gasteiger partial charge in [-0.2, -0.15) is 12.7 Å². The first kappa shape index (κ1) is 17.3. The lowest BCUT2D eigenvalue weighted by Gasteiger charge is -2.31. The minimum atomic E-state index is -3.72. The molecular weight excluding hydrogens is 294 g/mol. The van der Waals surface area contributed by atoms with Gasteiger partial charge >= 0.3 is 16.2 Å². The van der Waals surface area contributed by atoms with Crippen LogP contribution in [0.25, 0.3) is 0 Å². The van der Waals surface area contributed by atoms with Gasteiger partial charge in [-0.05, 0) is 39.0 Å². The monoisotopic (exact) mass is 315 g/mol. The van der Waals surface area contributed by atoms with E-state index in [0.717, 1.165) is 4.31 Å². The Morgan fingerprint density at radius 1 is 1.38 bits per heavy atom. The van der Waals surface area contributed by atoms with Gasteiger partial charge in [0.15, 0.2) is 0 Å². The molecule has 0 saturated carbocycles. The van der Waals surface area contributed by atoms with Crippen molar-refractivity contribution in [2.24, 2.45) is 0 Å². The lowest BCUT2D eigenvalue weighted by atomic mass is 10.2. The van der Waals surface area contributed by atoms with Crippen molar-refractivity contribution in [3.8, 4) is 0 Å². The highest BCUT2D eigenvalue weighted by Crippen LogP contribution is 2.28. The second-order valence-electron chi connectivity index (χ2n) is 4.86. The van der Waals surface area contributed by atoms with Crippen molar-refractivity contribution in [2.75, 3.05) is 23.6 Å². The zero-order valence-corrected chi connectivity index (χ0v) is 13.4. The Morgan fingerprint density at radius 2 is 1.95 bits per heavy atom. The molecular formula is C13H21N3O4S. The predicted octanol–water partition coefficient (Wildman–Crippen LogP) is 1.38. The second-order valence-corrected chi connectivity index (χ2v) is 6.77. The molecule has 0 amide bonds. The largest absolute Gasteiger partial charge is 0.478 e. The average Bonchev–Trinajstić information content (AvgIpc) is 2.39. The molecule has 1 aromatic rings. The van der Waals surface area contributed by atoms with Crippen molar-refractivity contribution in [1.29, 1.82) is 0 Å². The minimum Gasteiger partial charge on any atom is -0.478 e. The molecule has 0 saturated heterocycles. The van der Waals surface area contributed by atoms with Crippen molar-refractivity contribution in [3.05, 3.63) is 23.8 Å². The standard InChI is InChI=1S/C13H21N3O4S/c1-5-16(21(19,20)15(4)9(2)3)12-7-6-10(13(17)18)8-11(12)14/h6-9H,5,14H2,1-4H3,(H,17,18). The molecule has 0 heterocycles. The summed E-state index contributed by atoms with van der Waals surface area (Å²) in [7, 11) is -2.23. The van der Waals surface area contributed by atoms with Gasteiger partial charge in [0, 0.05) is 19.6 Å². The molecule has 0 unspecified atom stereocenters. The van der Waals surface area contributed by atoms with Gasteiger partial charge in [-0.25, -0.2) is 4.79 Å². The fraction of sp³-hybridized carbons (Fsp3) is 0.462. The van der Waals surface area contributed by atoms with Gasteiger partial charge in [0.25, 0.3) is 0 Å². The normalized spacial score (nSPS) is 11.9. The van der Waals surface area contributed by atoms with E-state index >= 15 is 0 Å². The predicted molar refractivity (Wildman–Crippen MR) is 82.7 cm³/mol. The maximum atomic E-state index is 12.6. The number of nitrogen functional groups attached to an aromatic ring is 1. The number of nitrogens with two attached hydrogens (primary N) is 1. The van der Waals surface area contributed by atoms with Crippen LogP contribution < -0.4 is 10.0 Å². The van der Waals surface area contributed by atoms with Crippen LogP contribution in [-0.4, -0.2) is 43.4 Å². The summed E-state index contributed by atoms with van der Waals surface area (Å²) in [4.78, 5) is 10.9. The molecule has 0 aliphatic rings. The lowest BCUT2D eigenvalue weighted by molar-refractivity contribution is 0.0697. The van der Waals surface area contributed by atoms with E-state index in [0.29, 0.717) is 0 Å². The van der Waals surface area contributed by atoms with Gasteiger partial charge in [-0.1, -0.05) is 0 Å². The van der Waals surface area contributed by atoms with Gasteiger partial charge in [-0.3, -0.25) is 4.31 Å². The van der Waals surface area contributed by atoms with E-state index in [9.17, 15) is 13.2 Å². The molecule has 8 heteroatoms. The van der Waals surface area contributed by atoms with Crippen LogP contribution in [0.5, 0.6) is 0 Å². The number of hydrogen-bond acceptors (Lipinski definition) is 4. The van der Waals surface area contributed by atoms with Crippen molar-refractivity contribution in [3.63, 3.8) is 0 Å². The van der Waals surface area contributed by atoms with E-state index < -0.39 is 16.2 Å². The number of carboxylic acids is 1. The third-order valence-electron chi connectivity index (χ3n) is 3.20. The Balaban J connectivity index is 3.32. The second kappa shape index (κ2) is 6.31. The first-order valence-electron chi connectivity index (χ1n) is 6.51. The third-order valence-corrected chi connectivity index (χ3v) is 5.36. The van der Waals surface area contributed by atoms with Crippen LogP contribution in [-0.2, 0) is 10.2 Å². The summed E-state index contributed by atoms with van der Waals surface area (Å²) in [5.74, 6) is -1.11. The van der Waals surface area contributed by atoms with E-state index in [1.165, 1.54) is 29.6 Å². The van der Waals surface area contributed by atoms with E-state index in [1.54, 1.807) is 20.8 Å². The van der Waals surface area contributed by atoms with Gasteiger partial charge in [0.2, 0.25) is 0 Å². The summed E-state index contributed by atoms with van der Waals surface area (Å²) >= 11 is 0. The molecule has 21 heavy (non-hydrogen) atoms. The molecule has 1 aromatic carbocycles. The number of benzene rings is 1. The van der Waals surface area contributed by atoms with Gasteiger partial charge in [-0.15, -0.1) is 0 Å². The Hall–Kier alpha value is -1.80. The number of carboxylic acid groups (broad SMARTS) is 1. The molecule has 7 nitrogen and oxygen atoms in total. The molecule has 0 radical (unpaired) electrons. The van der Waals surface area contributed by atoms with Gasteiger partial charge < -0.3 is 10.8 Å². The molecule has 0 aromatic heterocycles. The Morgan fingerprint density at radius 3 is 2.33 bits per heavy atom. The summed E-state index contributed by atoms with van der Waals surface area (Å²) in [5.41, 5.74) is 6.22. The van der Waals surface area contributed by atoms with Gasteiger partial charge in [0.05, 0.1) is 16.9 Å². The topological polar surface area (TPSA) is 104 Å². The number of carbonyl (C=O) groups is 1. The number of hydrogen-bond donors (Lipinski definition) is 2. The highest BCUT2D eigenvalue weighted by Gasteiger charge is 2.29. The van der Waals surface area contributed by atoms with Crippen LogP contribution in [0.15, 0.2) is 18.2 Å². The van der Waals surface area contributed by atoms with Crippen molar-refractivity contribution < 1.29 is 18.3 Å². The Bertz CT molecular complexity index is 628. The minimum absolute atomic E-state index is 0.0157. The third kappa shape index (κ3) is 3.45. The van der Waals surface area contributed by atoms with Crippen LogP contribution in [0, 0.1) is 0 Å². The maximum absolute atomic E-state index is 12.6. The zero-order valence-electron chi connectivity index (χ0n) is 12.6. The Kier molecular flexibility index (Phi) is 5.19. The highest BCUT2D eigenvalue weighted by molar-refractivity contribution is 7.90. The molecule has 0 spiro atoms. The first-order chi connectivity index (χ1) is 9.62. The van der Waals surface area contributed by atoms with Crippen LogP contribution >= 0.6 is 0 Å². The van der Waals surface area contributed by atoms with Crippen LogP contribution in [0.4, 0.5) is 11.4 Å². The summed E-state index contributed by atoms with van der Waals surface area (Å²) in [6.45, 7) is 5.41. The maximum Gasteiger partial charge on any atom is 0.335 e. The van der Waals surface area contributed by atoms with Gasteiger partial charge in [0.1, 0.15) is 0 Å². The van der Waals surface area contributed by atoms with E-state index in [-0.39, 0.29) is 29.5 Å². The SMILES string of the molecule is CCN(c1ccc(C(=O)O)cc1N)S(=O)(=O)N(C)C(C)C. The van der Waals surface area contributed by atoms with Crippen LogP contribution in [0.1, 0.15) is 31.1 Å². The van der Waals surface area contributed by atoms with E-state index in [1.807, 2.05) is 0 Å². The number of rotatable bonds is 6. The quantitative estimate of drug-likeness (QED) is 0.772. The summed E-state index contributed by atoms with van der Waals surface area (Å²) < 4.78 is 27.5. The lowest BCUT2D eigenvalue weighted by Crippen LogP contribution is -2.45. The molecule has 0 bridgehead atoms. The van der Waals surface area contributed by atoms with Crippen LogP contribution in [0.3, 0.4) is 0 Å². The number of nitrogens with zero attached hydrogens (tertiary/aromatic N) is 2. The number of aromatic carboxylic acids is 1. The smallest absolute Gasteiger partial charge is 0.335 e. The molecule has 0 aliphatic carbocycles. The summed E-state index contributed by atoms with van der Waals surface area (Å²) in [5, 5.41) is 8.92. The van der Waals surface area contributed by atoms with Crippen molar-refractivity contribution >= 4 is 27.6 Å². The fourth-order valence-electron chi connectivity index (χ4n) is 1.79. The Labute approximate surface area is 125 Å². The van der Waals surface area contributed by atoms with Crippen molar-refractivity contribution in [2.45, 2.75) is 26.8 Å². The molecule has 118 valence electrons. The number of anilines is 2. The molecule has 1 rings (SSSR count). The van der Waals surface area contributed by atoms with Crippen molar-refractivity contribution in [1.82, 2.24) is 4.31 Å². The molecule has 0 atom stereocenters. The molecule has 0 fully saturated rings. The highest BCUT2D eigenvalue weighted by atomic mass is 32.2. The summed E-state index contributed by atoms with van der Waals surface area (Å²) in [6, 6.07) is 3.80. The first-order valence-corrected chi connectivity index (χ1v) is 7.91. The average molecular weight is 315 g/mol.